The maximum Gasteiger partial charge on any atom is 0.259 e. The van der Waals surface area contributed by atoms with E-state index in [-0.39, 0.29) is 16.8 Å². The van der Waals surface area contributed by atoms with Gasteiger partial charge in [-0.05, 0) is 30.3 Å². The third kappa shape index (κ3) is 3.87. The van der Waals surface area contributed by atoms with Gasteiger partial charge in [0.05, 0.1) is 10.6 Å². The van der Waals surface area contributed by atoms with E-state index < -0.39 is 5.91 Å². The van der Waals surface area contributed by atoms with Gasteiger partial charge in [-0.25, -0.2) is 0 Å². The van der Waals surface area contributed by atoms with Gasteiger partial charge in [-0.3, -0.25) is 14.9 Å². The summed E-state index contributed by atoms with van der Waals surface area (Å²) in [5, 5.41) is 12.7. The van der Waals surface area contributed by atoms with E-state index in [4.69, 9.17) is 23.2 Å². The first-order valence-electron chi connectivity index (χ1n) is 8.46. The highest BCUT2D eigenvalue weighted by atomic mass is 35.5. The predicted octanol–water partition coefficient (Wildman–Crippen LogP) is 4.62. The molecular formula is C19H14Cl2N4O2S. The molecule has 1 unspecified atom stereocenters. The molecule has 1 fully saturated rings. The fourth-order valence-corrected chi connectivity index (χ4v) is 4.34. The lowest BCUT2D eigenvalue weighted by Crippen LogP contribution is -2.24. The van der Waals surface area contributed by atoms with Crippen molar-refractivity contribution in [2.75, 3.05) is 16.8 Å². The van der Waals surface area contributed by atoms with E-state index >= 15 is 0 Å². The Hall–Kier alpha value is -2.48. The van der Waals surface area contributed by atoms with Crippen LogP contribution in [0.5, 0.6) is 0 Å². The monoisotopic (exact) mass is 432 g/mol. The Kier molecular flexibility index (Phi) is 5.30. The zero-order chi connectivity index (χ0) is 19.7. The van der Waals surface area contributed by atoms with E-state index in [9.17, 15) is 9.59 Å². The molecule has 2 heterocycles. The number of anilines is 2. The number of aromatic nitrogens is 2. The Labute approximate surface area is 175 Å². The average Bonchev–Trinajstić information content (AvgIpc) is 3.29. The minimum absolute atomic E-state index is 0.0462. The van der Waals surface area contributed by atoms with Crippen molar-refractivity contribution in [3.05, 3.63) is 69.1 Å². The molecule has 0 spiro atoms. The van der Waals surface area contributed by atoms with Crippen LogP contribution in [0.4, 0.5) is 10.8 Å². The maximum atomic E-state index is 12.4. The van der Waals surface area contributed by atoms with Gasteiger partial charge in [0, 0.05) is 29.6 Å². The molecule has 0 radical (unpaired) electrons. The molecule has 142 valence electrons. The molecule has 1 aromatic heterocycles. The van der Waals surface area contributed by atoms with Gasteiger partial charge in [0.2, 0.25) is 11.0 Å². The predicted molar refractivity (Wildman–Crippen MR) is 110 cm³/mol. The lowest BCUT2D eigenvalue weighted by atomic mass is 10.1. The number of hydrogen-bond acceptors (Lipinski definition) is 5. The minimum atomic E-state index is -0.391. The molecule has 1 aliphatic rings. The number of carbonyl (C=O) groups excluding carboxylic acids is 2. The highest BCUT2D eigenvalue weighted by Crippen LogP contribution is 2.34. The van der Waals surface area contributed by atoms with Crippen LogP contribution >= 0.6 is 34.5 Å². The molecule has 2 amide bonds. The first kappa shape index (κ1) is 18.9. The zero-order valence-corrected chi connectivity index (χ0v) is 16.8. The number of carbonyl (C=O) groups is 2. The van der Waals surface area contributed by atoms with Gasteiger partial charge >= 0.3 is 0 Å². The van der Waals surface area contributed by atoms with Crippen LogP contribution in [0.2, 0.25) is 10.0 Å². The summed E-state index contributed by atoms with van der Waals surface area (Å²) in [6.07, 6.45) is 0.362. The largest absolute Gasteiger partial charge is 0.312 e. The van der Waals surface area contributed by atoms with Crippen LogP contribution in [-0.4, -0.2) is 28.6 Å². The summed E-state index contributed by atoms with van der Waals surface area (Å²) in [7, 11) is 0. The van der Waals surface area contributed by atoms with Gasteiger partial charge in [0.15, 0.2) is 0 Å². The molecule has 2 aromatic carbocycles. The fourth-order valence-electron chi connectivity index (χ4n) is 3.02. The first-order valence-corrected chi connectivity index (χ1v) is 10.0. The lowest BCUT2D eigenvalue weighted by molar-refractivity contribution is -0.117. The fraction of sp³-hybridized carbons (Fsp3) is 0.158. The van der Waals surface area contributed by atoms with Crippen molar-refractivity contribution in [1.82, 2.24) is 10.2 Å². The second-order valence-corrected chi connectivity index (χ2v) is 8.12. The SMILES string of the molecule is O=C(Nc1nnc(C2CC(=O)N(c3ccccc3)C2)s1)c1ccc(Cl)cc1Cl. The molecule has 1 aliphatic heterocycles. The van der Waals surface area contributed by atoms with E-state index in [1.54, 1.807) is 17.0 Å². The van der Waals surface area contributed by atoms with Gasteiger partial charge in [0.1, 0.15) is 5.01 Å². The topological polar surface area (TPSA) is 75.2 Å². The normalized spacial score (nSPS) is 16.4. The van der Waals surface area contributed by atoms with Gasteiger partial charge in [-0.15, -0.1) is 10.2 Å². The number of benzene rings is 2. The van der Waals surface area contributed by atoms with Crippen molar-refractivity contribution >= 4 is 57.2 Å². The van der Waals surface area contributed by atoms with Crippen LogP contribution in [0.25, 0.3) is 0 Å². The van der Waals surface area contributed by atoms with Crippen LogP contribution in [0.3, 0.4) is 0 Å². The number of amides is 2. The van der Waals surface area contributed by atoms with Crippen LogP contribution in [0.1, 0.15) is 27.7 Å². The summed E-state index contributed by atoms with van der Waals surface area (Å²) < 4.78 is 0. The van der Waals surface area contributed by atoms with Crippen molar-refractivity contribution in [1.29, 1.82) is 0 Å². The molecule has 6 nitrogen and oxygen atoms in total. The molecule has 4 rings (SSSR count). The highest BCUT2D eigenvalue weighted by molar-refractivity contribution is 7.15. The van der Waals surface area contributed by atoms with Gasteiger partial charge in [-0.1, -0.05) is 52.7 Å². The Morgan fingerprint density at radius 3 is 2.68 bits per heavy atom. The molecule has 0 aliphatic carbocycles. The van der Waals surface area contributed by atoms with Gasteiger partial charge < -0.3 is 4.90 Å². The lowest BCUT2D eigenvalue weighted by Gasteiger charge is -2.15. The number of hydrogen-bond donors (Lipinski definition) is 1. The summed E-state index contributed by atoms with van der Waals surface area (Å²) in [6, 6.07) is 14.2. The molecule has 9 heteroatoms. The van der Waals surface area contributed by atoms with E-state index in [1.807, 2.05) is 30.3 Å². The van der Waals surface area contributed by atoms with Crippen molar-refractivity contribution in [2.24, 2.45) is 0 Å². The molecule has 0 bridgehead atoms. The van der Waals surface area contributed by atoms with E-state index in [0.717, 1.165) is 5.69 Å². The number of nitrogens with one attached hydrogen (secondary N) is 1. The third-order valence-corrected chi connectivity index (χ3v) is 5.93. The van der Waals surface area contributed by atoms with Crippen LogP contribution in [0.15, 0.2) is 48.5 Å². The first-order chi connectivity index (χ1) is 13.5. The minimum Gasteiger partial charge on any atom is -0.312 e. The second-order valence-electron chi connectivity index (χ2n) is 6.26. The van der Waals surface area contributed by atoms with Crippen molar-refractivity contribution in [3.8, 4) is 0 Å². The van der Waals surface area contributed by atoms with E-state index in [1.165, 1.54) is 17.4 Å². The molecule has 3 aromatic rings. The van der Waals surface area contributed by atoms with Gasteiger partial charge in [-0.2, -0.15) is 0 Å². The summed E-state index contributed by atoms with van der Waals surface area (Å²) in [5.74, 6) is -0.405. The second kappa shape index (κ2) is 7.87. The van der Waals surface area contributed by atoms with Crippen molar-refractivity contribution in [2.45, 2.75) is 12.3 Å². The van der Waals surface area contributed by atoms with Crippen molar-refractivity contribution in [3.63, 3.8) is 0 Å². The Bertz CT molecular complexity index is 1040. The number of halogens is 2. The Balaban J connectivity index is 1.46. The van der Waals surface area contributed by atoms with Gasteiger partial charge in [0.25, 0.3) is 5.91 Å². The number of rotatable bonds is 4. The number of para-hydroxylation sites is 1. The molecule has 1 atom stereocenters. The summed E-state index contributed by atoms with van der Waals surface area (Å²) >= 11 is 13.2. The molecule has 0 saturated carbocycles. The average molecular weight is 433 g/mol. The van der Waals surface area contributed by atoms with Crippen molar-refractivity contribution < 1.29 is 9.59 Å². The molecule has 1 N–H and O–H groups in total. The quantitative estimate of drug-likeness (QED) is 0.652. The van der Waals surface area contributed by atoms with E-state index in [0.29, 0.717) is 33.7 Å². The Morgan fingerprint density at radius 1 is 1.14 bits per heavy atom. The summed E-state index contributed by atoms with van der Waals surface area (Å²) in [6.45, 7) is 0.536. The summed E-state index contributed by atoms with van der Waals surface area (Å²) in [5.41, 5.74) is 1.17. The Morgan fingerprint density at radius 2 is 1.93 bits per heavy atom. The van der Waals surface area contributed by atoms with Crippen LogP contribution in [-0.2, 0) is 4.79 Å². The third-order valence-electron chi connectivity index (χ3n) is 4.38. The molecule has 28 heavy (non-hydrogen) atoms. The highest BCUT2D eigenvalue weighted by Gasteiger charge is 2.33. The zero-order valence-electron chi connectivity index (χ0n) is 14.4. The van der Waals surface area contributed by atoms with Crippen LogP contribution in [0, 0.1) is 0 Å². The van der Waals surface area contributed by atoms with Crippen LogP contribution < -0.4 is 10.2 Å². The molecule has 1 saturated heterocycles. The van der Waals surface area contributed by atoms with E-state index in [2.05, 4.69) is 15.5 Å². The number of nitrogens with zero attached hydrogens (tertiary/aromatic N) is 3. The standard InChI is InChI=1S/C19H14Cl2N4O2S/c20-12-6-7-14(15(21)9-12)17(27)22-19-24-23-18(28-19)11-8-16(26)25(10-11)13-4-2-1-3-5-13/h1-7,9,11H,8,10H2,(H,22,24,27). The molecular weight excluding hydrogens is 419 g/mol. The maximum absolute atomic E-state index is 12.4. The summed E-state index contributed by atoms with van der Waals surface area (Å²) in [4.78, 5) is 26.5. The smallest absolute Gasteiger partial charge is 0.259 e.